The number of rotatable bonds is 1. The van der Waals surface area contributed by atoms with Crippen LogP contribution < -0.4 is 5.32 Å². The van der Waals surface area contributed by atoms with Crippen molar-refractivity contribution in [1.82, 2.24) is 4.98 Å². The first-order chi connectivity index (χ1) is 6.68. The molecule has 3 nitrogen and oxygen atoms in total. The largest absolute Gasteiger partial charge is 0.310 e. The maximum Gasteiger partial charge on any atom is 0.229 e. The summed E-state index contributed by atoms with van der Waals surface area (Å²) in [5.74, 6) is 1.30. The smallest absolute Gasteiger partial charge is 0.229 e. The minimum Gasteiger partial charge on any atom is -0.310 e. The minimum atomic E-state index is 0.0895. The fourth-order valence-electron chi connectivity index (χ4n) is 1.79. The van der Waals surface area contributed by atoms with Crippen LogP contribution in [0.25, 0.3) is 0 Å². The molecular weight excluding hydrogens is 176 g/mol. The minimum absolute atomic E-state index is 0.0895. The predicted molar refractivity (Wildman–Crippen MR) is 54.9 cm³/mol. The van der Waals surface area contributed by atoms with E-state index in [1.165, 1.54) is 0 Å². The van der Waals surface area contributed by atoms with Gasteiger partial charge in [-0.15, -0.1) is 0 Å². The van der Waals surface area contributed by atoms with Gasteiger partial charge >= 0.3 is 0 Å². The predicted octanol–water partition coefficient (Wildman–Crippen LogP) is 1.85. The number of amides is 1. The normalized spacial score (nSPS) is 20.5. The van der Waals surface area contributed by atoms with Gasteiger partial charge in [0.05, 0.1) is 0 Å². The Morgan fingerprint density at radius 2 is 2.36 bits per heavy atom. The van der Waals surface area contributed by atoms with Crippen LogP contribution in [-0.2, 0) is 11.2 Å². The van der Waals surface area contributed by atoms with Crippen molar-refractivity contribution in [3.63, 3.8) is 0 Å². The van der Waals surface area contributed by atoms with Gasteiger partial charge in [0.2, 0.25) is 5.91 Å². The van der Waals surface area contributed by atoms with E-state index in [2.05, 4.69) is 24.1 Å². The number of hydrogen-bond donors (Lipinski definition) is 1. The molecule has 0 saturated heterocycles. The Kier molecular flexibility index (Phi) is 2.23. The Balaban J connectivity index is 2.31. The quantitative estimate of drug-likeness (QED) is 0.734. The van der Waals surface area contributed by atoms with Gasteiger partial charge in [-0.1, -0.05) is 19.9 Å². The van der Waals surface area contributed by atoms with Crippen LogP contribution in [0.15, 0.2) is 18.3 Å². The molecule has 0 aliphatic carbocycles. The number of nitrogens with zero attached hydrogens (tertiary/aromatic N) is 1. The maximum absolute atomic E-state index is 11.6. The van der Waals surface area contributed by atoms with Gasteiger partial charge in [-0.25, -0.2) is 4.98 Å². The fraction of sp³-hybridized carbons (Fsp3) is 0.455. The van der Waals surface area contributed by atoms with Gasteiger partial charge in [-0.05, 0) is 24.0 Å². The van der Waals surface area contributed by atoms with Crippen LogP contribution in [0.2, 0.25) is 0 Å². The van der Waals surface area contributed by atoms with Crippen LogP contribution in [0.1, 0.15) is 19.4 Å². The SMILES string of the molecule is CC(C)C1Cc2cccnc2NC1=O. The van der Waals surface area contributed by atoms with Crippen molar-refractivity contribution in [2.45, 2.75) is 20.3 Å². The molecule has 0 radical (unpaired) electrons. The second-order valence-corrected chi connectivity index (χ2v) is 4.06. The number of carbonyl (C=O) groups is 1. The molecule has 0 fully saturated rings. The summed E-state index contributed by atoms with van der Waals surface area (Å²) in [6, 6.07) is 3.94. The van der Waals surface area contributed by atoms with E-state index in [1.807, 2.05) is 12.1 Å². The van der Waals surface area contributed by atoms with Crippen molar-refractivity contribution in [2.75, 3.05) is 5.32 Å². The molecule has 1 aromatic rings. The molecular formula is C11H14N2O. The molecule has 1 atom stereocenters. The summed E-state index contributed by atoms with van der Waals surface area (Å²) in [5.41, 5.74) is 1.14. The number of anilines is 1. The van der Waals surface area contributed by atoms with Crippen molar-refractivity contribution < 1.29 is 4.79 Å². The number of hydrogen-bond acceptors (Lipinski definition) is 2. The molecule has 0 saturated carbocycles. The summed E-state index contributed by atoms with van der Waals surface area (Å²) in [7, 11) is 0. The Morgan fingerprint density at radius 3 is 3.07 bits per heavy atom. The number of carbonyl (C=O) groups excluding carboxylic acids is 1. The van der Waals surface area contributed by atoms with Crippen LogP contribution in [-0.4, -0.2) is 10.9 Å². The molecule has 14 heavy (non-hydrogen) atoms. The lowest BCUT2D eigenvalue weighted by molar-refractivity contribution is -0.121. The Bertz CT molecular complexity index is 360. The van der Waals surface area contributed by atoms with Crippen LogP contribution in [0.3, 0.4) is 0 Å². The molecule has 1 aliphatic rings. The zero-order chi connectivity index (χ0) is 10.1. The van der Waals surface area contributed by atoms with E-state index in [0.29, 0.717) is 5.92 Å². The third kappa shape index (κ3) is 1.50. The summed E-state index contributed by atoms with van der Waals surface area (Å²) >= 11 is 0. The summed E-state index contributed by atoms with van der Waals surface area (Å²) in [5, 5.41) is 2.84. The molecule has 1 N–H and O–H groups in total. The monoisotopic (exact) mass is 190 g/mol. The Morgan fingerprint density at radius 1 is 1.57 bits per heavy atom. The first-order valence-electron chi connectivity index (χ1n) is 4.93. The van der Waals surface area contributed by atoms with Gasteiger partial charge in [0.1, 0.15) is 5.82 Å². The molecule has 0 spiro atoms. The highest BCUT2D eigenvalue weighted by atomic mass is 16.2. The van der Waals surface area contributed by atoms with E-state index in [9.17, 15) is 4.79 Å². The van der Waals surface area contributed by atoms with Gasteiger partial charge < -0.3 is 5.32 Å². The molecule has 0 aromatic carbocycles. The highest BCUT2D eigenvalue weighted by Crippen LogP contribution is 2.27. The zero-order valence-electron chi connectivity index (χ0n) is 8.45. The second kappa shape index (κ2) is 3.40. The highest BCUT2D eigenvalue weighted by molar-refractivity contribution is 5.94. The van der Waals surface area contributed by atoms with E-state index in [4.69, 9.17) is 0 Å². The number of pyridine rings is 1. The van der Waals surface area contributed by atoms with Crippen molar-refractivity contribution in [1.29, 1.82) is 0 Å². The number of fused-ring (bicyclic) bond motifs is 1. The van der Waals surface area contributed by atoms with Crippen molar-refractivity contribution >= 4 is 11.7 Å². The first kappa shape index (κ1) is 9.19. The molecule has 3 heteroatoms. The summed E-state index contributed by atoms with van der Waals surface area (Å²) in [6.07, 6.45) is 2.52. The van der Waals surface area contributed by atoms with Gasteiger partial charge in [0, 0.05) is 12.1 Å². The Labute approximate surface area is 83.5 Å². The molecule has 0 bridgehead atoms. The van der Waals surface area contributed by atoms with Crippen molar-refractivity contribution in [3.8, 4) is 0 Å². The summed E-state index contributed by atoms with van der Waals surface area (Å²) < 4.78 is 0. The third-order valence-electron chi connectivity index (χ3n) is 2.71. The molecule has 2 heterocycles. The standard InChI is InChI=1S/C11H14N2O/c1-7(2)9-6-8-4-3-5-12-10(8)13-11(9)14/h3-5,7,9H,6H2,1-2H3,(H,12,13,14). The average molecular weight is 190 g/mol. The van der Waals surface area contributed by atoms with Gasteiger partial charge in [0.25, 0.3) is 0 Å². The topological polar surface area (TPSA) is 42.0 Å². The van der Waals surface area contributed by atoms with Crippen LogP contribution in [0.4, 0.5) is 5.82 Å². The van der Waals surface area contributed by atoms with Crippen LogP contribution >= 0.6 is 0 Å². The van der Waals surface area contributed by atoms with Crippen molar-refractivity contribution in [3.05, 3.63) is 23.9 Å². The Hall–Kier alpha value is -1.38. The lowest BCUT2D eigenvalue weighted by atomic mass is 9.86. The van der Waals surface area contributed by atoms with E-state index >= 15 is 0 Å². The highest BCUT2D eigenvalue weighted by Gasteiger charge is 2.28. The first-order valence-corrected chi connectivity index (χ1v) is 4.93. The summed E-state index contributed by atoms with van der Waals surface area (Å²) in [4.78, 5) is 15.8. The van der Waals surface area contributed by atoms with Crippen LogP contribution in [0.5, 0.6) is 0 Å². The van der Waals surface area contributed by atoms with E-state index in [0.717, 1.165) is 17.8 Å². The third-order valence-corrected chi connectivity index (χ3v) is 2.71. The lowest BCUT2D eigenvalue weighted by Gasteiger charge is -2.26. The summed E-state index contributed by atoms with van der Waals surface area (Å²) in [6.45, 7) is 4.15. The maximum atomic E-state index is 11.6. The second-order valence-electron chi connectivity index (χ2n) is 4.06. The van der Waals surface area contributed by atoms with Gasteiger partial charge in [-0.3, -0.25) is 4.79 Å². The average Bonchev–Trinajstić information content (AvgIpc) is 2.16. The molecule has 1 aromatic heterocycles. The molecule has 1 aliphatic heterocycles. The van der Waals surface area contributed by atoms with Crippen molar-refractivity contribution in [2.24, 2.45) is 11.8 Å². The number of aromatic nitrogens is 1. The number of nitrogens with one attached hydrogen (secondary N) is 1. The van der Waals surface area contributed by atoms with E-state index < -0.39 is 0 Å². The lowest BCUT2D eigenvalue weighted by Crippen LogP contribution is -2.33. The zero-order valence-corrected chi connectivity index (χ0v) is 8.45. The van der Waals surface area contributed by atoms with E-state index in [-0.39, 0.29) is 11.8 Å². The van der Waals surface area contributed by atoms with E-state index in [1.54, 1.807) is 6.20 Å². The van der Waals surface area contributed by atoms with Gasteiger partial charge in [-0.2, -0.15) is 0 Å². The molecule has 2 rings (SSSR count). The van der Waals surface area contributed by atoms with Crippen LogP contribution in [0, 0.1) is 11.8 Å². The fourth-order valence-corrected chi connectivity index (χ4v) is 1.79. The molecule has 1 amide bonds. The molecule has 1 unspecified atom stereocenters. The van der Waals surface area contributed by atoms with Gasteiger partial charge in [0.15, 0.2) is 0 Å². The molecule has 74 valence electrons.